The number of hydrogen-bond acceptors (Lipinski definition) is 6. The smallest absolute Gasteiger partial charge is 0.261 e. The summed E-state index contributed by atoms with van der Waals surface area (Å²) in [6.45, 7) is 1.40. The number of nitrogens with one attached hydrogen (secondary N) is 1. The molecule has 0 saturated carbocycles. The SMILES string of the molecule is O=C(NCc1cn(-c2ccc(N3CCOCC3=O)cc2)c(-n2ccnc2)n1)c1ccc(Cl)s1. The second kappa shape index (κ2) is 9.18. The first-order valence-electron chi connectivity index (χ1n) is 10.2. The minimum absolute atomic E-state index is 0.0548. The predicted octanol–water partition coefficient (Wildman–Crippen LogP) is 3.07. The van der Waals surface area contributed by atoms with Crippen molar-refractivity contribution in [1.29, 1.82) is 0 Å². The van der Waals surface area contributed by atoms with E-state index in [9.17, 15) is 9.59 Å². The highest BCUT2D eigenvalue weighted by atomic mass is 35.5. The summed E-state index contributed by atoms with van der Waals surface area (Å²) in [6.07, 6.45) is 7.01. The van der Waals surface area contributed by atoms with E-state index in [2.05, 4.69) is 10.3 Å². The van der Waals surface area contributed by atoms with Gasteiger partial charge >= 0.3 is 0 Å². The van der Waals surface area contributed by atoms with Crippen molar-refractivity contribution in [3.05, 3.63) is 76.2 Å². The third kappa shape index (κ3) is 4.54. The number of carbonyl (C=O) groups is 2. The van der Waals surface area contributed by atoms with Gasteiger partial charge in [-0.2, -0.15) is 0 Å². The zero-order chi connectivity index (χ0) is 22.8. The number of morpholine rings is 1. The van der Waals surface area contributed by atoms with Crippen molar-refractivity contribution in [3.8, 4) is 11.6 Å². The van der Waals surface area contributed by atoms with E-state index in [1.165, 1.54) is 11.3 Å². The van der Waals surface area contributed by atoms with Crippen LogP contribution in [0.25, 0.3) is 11.6 Å². The van der Waals surface area contributed by atoms with Gasteiger partial charge in [-0.1, -0.05) is 11.6 Å². The van der Waals surface area contributed by atoms with Crippen LogP contribution in [0.4, 0.5) is 5.69 Å². The van der Waals surface area contributed by atoms with Crippen LogP contribution in [-0.4, -0.2) is 50.7 Å². The summed E-state index contributed by atoms with van der Waals surface area (Å²) < 4.78 is 9.48. The van der Waals surface area contributed by atoms with Crippen LogP contribution in [0, 0.1) is 0 Å². The number of carbonyl (C=O) groups excluding carboxylic acids is 2. The first-order chi connectivity index (χ1) is 16.1. The Bertz CT molecular complexity index is 1280. The summed E-state index contributed by atoms with van der Waals surface area (Å²) in [7, 11) is 0. The highest BCUT2D eigenvalue weighted by Gasteiger charge is 2.20. The molecule has 1 aromatic carbocycles. The molecule has 0 atom stereocenters. The summed E-state index contributed by atoms with van der Waals surface area (Å²) in [4.78, 5) is 35.6. The Hall–Kier alpha value is -3.47. The molecule has 5 rings (SSSR count). The average molecular weight is 483 g/mol. The number of nitrogens with zero attached hydrogens (tertiary/aromatic N) is 5. The molecular weight excluding hydrogens is 464 g/mol. The molecule has 33 heavy (non-hydrogen) atoms. The van der Waals surface area contributed by atoms with Gasteiger partial charge in [-0.05, 0) is 36.4 Å². The van der Waals surface area contributed by atoms with Crippen molar-refractivity contribution in [2.75, 3.05) is 24.7 Å². The quantitative estimate of drug-likeness (QED) is 0.456. The molecule has 1 fully saturated rings. The van der Waals surface area contributed by atoms with Crippen molar-refractivity contribution < 1.29 is 14.3 Å². The Morgan fingerprint density at radius 1 is 1.18 bits per heavy atom. The molecule has 9 nitrogen and oxygen atoms in total. The number of imidazole rings is 2. The Balaban J connectivity index is 1.40. The van der Waals surface area contributed by atoms with Gasteiger partial charge in [0.1, 0.15) is 12.9 Å². The lowest BCUT2D eigenvalue weighted by Gasteiger charge is -2.27. The predicted molar refractivity (Wildman–Crippen MR) is 124 cm³/mol. The number of rotatable bonds is 6. The number of benzene rings is 1. The average Bonchev–Trinajstić information content (AvgIpc) is 3.59. The van der Waals surface area contributed by atoms with Gasteiger partial charge in [0, 0.05) is 36.5 Å². The van der Waals surface area contributed by atoms with Gasteiger partial charge in [0.05, 0.1) is 28.1 Å². The molecule has 0 unspecified atom stereocenters. The van der Waals surface area contributed by atoms with E-state index in [1.807, 2.05) is 35.0 Å². The number of aromatic nitrogens is 4. The summed E-state index contributed by atoms with van der Waals surface area (Å²) >= 11 is 7.15. The fraction of sp³-hybridized carbons (Fsp3) is 0.182. The molecule has 3 aromatic heterocycles. The normalized spacial score (nSPS) is 14.0. The van der Waals surface area contributed by atoms with Crippen LogP contribution in [0.15, 0.2) is 61.3 Å². The minimum Gasteiger partial charge on any atom is -0.370 e. The number of hydrogen-bond donors (Lipinski definition) is 1. The molecule has 4 aromatic rings. The van der Waals surface area contributed by atoms with E-state index in [0.717, 1.165) is 11.4 Å². The maximum absolute atomic E-state index is 12.4. The van der Waals surface area contributed by atoms with Crippen LogP contribution >= 0.6 is 22.9 Å². The van der Waals surface area contributed by atoms with Crippen molar-refractivity contribution in [2.24, 2.45) is 0 Å². The zero-order valence-electron chi connectivity index (χ0n) is 17.3. The first-order valence-corrected chi connectivity index (χ1v) is 11.4. The standard InChI is InChI=1S/C22H19ClN6O3S/c23-19-6-5-18(33-19)21(31)25-11-15-12-29(22(26-15)27-8-7-24-14-27)17-3-1-16(2-4-17)28-9-10-32-13-20(28)30/h1-8,12,14H,9-11,13H2,(H,25,31). The van der Waals surface area contributed by atoms with E-state index in [-0.39, 0.29) is 25.0 Å². The van der Waals surface area contributed by atoms with Gasteiger partial charge < -0.3 is 15.0 Å². The lowest BCUT2D eigenvalue weighted by Crippen LogP contribution is -2.41. The molecule has 2 amide bonds. The highest BCUT2D eigenvalue weighted by Crippen LogP contribution is 2.23. The summed E-state index contributed by atoms with van der Waals surface area (Å²) in [6, 6.07) is 11.0. The highest BCUT2D eigenvalue weighted by molar-refractivity contribution is 7.17. The van der Waals surface area contributed by atoms with E-state index in [4.69, 9.17) is 21.3 Å². The van der Waals surface area contributed by atoms with Crippen molar-refractivity contribution in [1.82, 2.24) is 24.4 Å². The largest absolute Gasteiger partial charge is 0.370 e. The number of anilines is 1. The van der Waals surface area contributed by atoms with Crippen molar-refractivity contribution in [2.45, 2.75) is 6.54 Å². The van der Waals surface area contributed by atoms with Crippen LogP contribution in [0.5, 0.6) is 0 Å². The lowest BCUT2D eigenvalue weighted by molar-refractivity contribution is -0.125. The number of thiophene rings is 1. The van der Waals surface area contributed by atoms with Crippen LogP contribution < -0.4 is 10.2 Å². The van der Waals surface area contributed by atoms with Gasteiger partial charge in [0.15, 0.2) is 0 Å². The Morgan fingerprint density at radius 3 is 2.70 bits per heavy atom. The van der Waals surface area contributed by atoms with E-state index in [0.29, 0.717) is 34.0 Å². The minimum atomic E-state index is -0.204. The first kappa shape index (κ1) is 21.4. The molecule has 0 radical (unpaired) electrons. The maximum Gasteiger partial charge on any atom is 0.261 e. The third-order valence-corrected chi connectivity index (χ3v) is 6.35. The van der Waals surface area contributed by atoms with Crippen molar-refractivity contribution >= 4 is 40.4 Å². The van der Waals surface area contributed by atoms with Crippen LogP contribution in [0.1, 0.15) is 15.4 Å². The monoisotopic (exact) mass is 482 g/mol. The third-order valence-electron chi connectivity index (χ3n) is 5.12. The van der Waals surface area contributed by atoms with E-state index < -0.39 is 0 Å². The molecule has 11 heteroatoms. The Labute approximate surface area is 198 Å². The second-order valence-electron chi connectivity index (χ2n) is 7.27. The summed E-state index contributed by atoms with van der Waals surface area (Å²) in [5, 5.41) is 2.88. The molecule has 1 saturated heterocycles. The summed E-state index contributed by atoms with van der Waals surface area (Å²) in [5.74, 6) is 0.372. The summed E-state index contributed by atoms with van der Waals surface area (Å²) in [5.41, 5.74) is 2.36. The molecule has 0 bridgehead atoms. The van der Waals surface area contributed by atoms with Gasteiger partial charge in [0.2, 0.25) is 5.95 Å². The van der Waals surface area contributed by atoms with Crippen LogP contribution in [0.2, 0.25) is 4.34 Å². The Morgan fingerprint density at radius 2 is 2.00 bits per heavy atom. The molecule has 0 aliphatic carbocycles. The number of halogens is 1. The van der Waals surface area contributed by atoms with Gasteiger partial charge in [-0.3, -0.25) is 18.7 Å². The lowest BCUT2D eigenvalue weighted by atomic mass is 10.2. The van der Waals surface area contributed by atoms with Crippen LogP contribution in [-0.2, 0) is 16.1 Å². The molecule has 1 aliphatic rings. The molecular formula is C22H19ClN6O3S. The van der Waals surface area contributed by atoms with Gasteiger partial charge in [0.25, 0.3) is 11.8 Å². The maximum atomic E-state index is 12.4. The molecule has 1 aliphatic heterocycles. The molecule has 4 heterocycles. The molecule has 0 spiro atoms. The van der Waals surface area contributed by atoms with Gasteiger partial charge in [-0.15, -0.1) is 11.3 Å². The fourth-order valence-electron chi connectivity index (χ4n) is 3.53. The van der Waals surface area contributed by atoms with E-state index >= 15 is 0 Å². The molecule has 168 valence electrons. The second-order valence-corrected chi connectivity index (χ2v) is 8.99. The topological polar surface area (TPSA) is 94.3 Å². The van der Waals surface area contributed by atoms with Crippen LogP contribution in [0.3, 0.4) is 0 Å². The number of ether oxygens (including phenoxy) is 1. The van der Waals surface area contributed by atoms with Gasteiger partial charge in [-0.25, -0.2) is 9.97 Å². The zero-order valence-corrected chi connectivity index (χ0v) is 18.9. The van der Waals surface area contributed by atoms with E-state index in [1.54, 1.807) is 40.3 Å². The Kier molecular flexibility index (Phi) is 5.95. The molecule has 1 N–H and O–H groups in total. The van der Waals surface area contributed by atoms with Crippen molar-refractivity contribution in [3.63, 3.8) is 0 Å². The number of amides is 2. The fourth-order valence-corrected chi connectivity index (χ4v) is 4.49.